The van der Waals surface area contributed by atoms with E-state index in [0.717, 1.165) is 11.3 Å². The number of rotatable bonds is 10. The Bertz CT molecular complexity index is 768. The molecule has 0 atom stereocenters. The van der Waals surface area contributed by atoms with Crippen LogP contribution in [0.4, 0.5) is 5.69 Å². The van der Waals surface area contributed by atoms with Crippen molar-refractivity contribution in [2.24, 2.45) is 0 Å². The number of hydrogen-bond acceptors (Lipinski definition) is 5. The van der Waals surface area contributed by atoms with Crippen molar-refractivity contribution in [3.8, 4) is 17.2 Å². The molecule has 27 heavy (non-hydrogen) atoms. The Labute approximate surface area is 164 Å². The van der Waals surface area contributed by atoms with Crippen LogP contribution in [0.2, 0.25) is 5.02 Å². The Kier molecular flexibility index (Phi) is 8.07. The monoisotopic (exact) mass is 392 g/mol. The van der Waals surface area contributed by atoms with Crippen molar-refractivity contribution in [3.05, 3.63) is 47.0 Å². The second-order valence-corrected chi connectivity index (χ2v) is 6.25. The van der Waals surface area contributed by atoms with E-state index in [-0.39, 0.29) is 5.91 Å². The molecule has 0 bridgehead atoms. The summed E-state index contributed by atoms with van der Waals surface area (Å²) >= 11 is 5.99. The minimum atomic E-state index is -0.0241. The van der Waals surface area contributed by atoms with Gasteiger partial charge < -0.3 is 24.8 Å². The summed E-state index contributed by atoms with van der Waals surface area (Å²) in [6, 6.07) is 11.0. The number of ether oxygens (including phenoxy) is 3. The van der Waals surface area contributed by atoms with Crippen molar-refractivity contribution in [2.75, 3.05) is 39.7 Å². The number of carbonyl (C=O) groups excluding carboxylic acids is 1. The number of anilines is 1. The van der Waals surface area contributed by atoms with Crippen LogP contribution >= 0.6 is 11.6 Å². The Hall–Kier alpha value is -2.60. The topological polar surface area (TPSA) is 68.8 Å². The molecule has 6 nitrogen and oxygen atoms in total. The average molecular weight is 393 g/mol. The third-order valence-electron chi connectivity index (χ3n) is 4.01. The number of methoxy groups -OCH3 is 3. The minimum Gasteiger partial charge on any atom is -0.495 e. The van der Waals surface area contributed by atoms with Crippen LogP contribution in [0.1, 0.15) is 12.0 Å². The molecule has 2 aromatic rings. The summed E-state index contributed by atoms with van der Waals surface area (Å²) in [5.41, 5.74) is 1.83. The quantitative estimate of drug-likeness (QED) is 0.647. The van der Waals surface area contributed by atoms with E-state index in [9.17, 15) is 4.79 Å². The zero-order chi connectivity index (χ0) is 19.6. The van der Waals surface area contributed by atoms with E-state index >= 15 is 0 Å². The van der Waals surface area contributed by atoms with Gasteiger partial charge in [-0.15, -0.1) is 0 Å². The summed E-state index contributed by atoms with van der Waals surface area (Å²) in [7, 11) is 4.80. The van der Waals surface area contributed by atoms with E-state index < -0.39 is 0 Å². The second-order valence-electron chi connectivity index (χ2n) is 5.81. The predicted molar refractivity (Wildman–Crippen MR) is 107 cm³/mol. The first-order valence-electron chi connectivity index (χ1n) is 8.62. The zero-order valence-electron chi connectivity index (χ0n) is 15.8. The van der Waals surface area contributed by atoms with E-state index in [1.807, 2.05) is 18.2 Å². The Morgan fingerprint density at radius 2 is 1.63 bits per heavy atom. The first-order valence-corrected chi connectivity index (χ1v) is 9.00. The van der Waals surface area contributed by atoms with E-state index in [0.29, 0.717) is 48.2 Å². The molecule has 0 saturated heterocycles. The molecule has 2 N–H and O–H groups in total. The van der Waals surface area contributed by atoms with Gasteiger partial charge in [0, 0.05) is 24.5 Å². The summed E-state index contributed by atoms with van der Waals surface area (Å²) in [6.45, 7) is 1.04. The van der Waals surface area contributed by atoms with Crippen LogP contribution in [0.5, 0.6) is 17.2 Å². The van der Waals surface area contributed by atoms with Gasteiger partial charge in [-0.3, -0.25) is 4.79 Å². The van der Waals surface area contributed by atoms with Crippen molar-refractivity contribution >= 4 is 23.2 Å². The summed E-state index contributed by atoms with van der Waals surface area (Å²) < 4.78 is 15.8. The first kappa shape index (κ1) is 20.7. The molecule has 2 aromatic carbocycles. The molecule has 0 aliphatic heterocycles. The molecule has 0 radical (unpaired) electrons. The normalized spacial score (nSPS) is 10.2. The summed E-state index contributed by atoms with van der Waals surface area (Å²) in [6.07, 6.45) is 1.06. The number of carbonyl (C=O) groups is 1. The highest BCUT2D eigenvalue weighted by Crippen LogP contribution is 2.28. The molecular weight excluding hydrogens is 368 g/mol. The zero-order valence-corrected chi connectivity index (χ0v) is 16.6. The molecule has 0 aromatic heterocycles. The first-order chi connectivity index (χ1) is 13.1. The number of halogens is 1. The number of amides is 1. The van der Waals surface area contributed by atoms with Crippen molar-refractivity contribution in [2.45, 2.75) is 12.8 Å². The van der Waals surface area contributed by atoms with Crippen LogP contribution in [0.15, 0.2) is 36.4 Å². The van der Waals surface area contributed by atoms with Gasteiger partial charge in [-0.05, 0) is 42.3 Å². The molecule has 1 amide bonds. The maximum Gasteiger partial charge on any atom is 0.221 e. The van der Waals surface area contributed by atoms with Crippen molar-refractivity contribution in [3.63, 3.8) is 0 Å². The molecule has 0 spiro atoms. The molecule has 0 unspecified atom stereocenters. The standard InChI is InChI=1S/C20H25ClN2O4/c1-25-17-7-5-15(21)13-16(17)22-11-9-20(24)23-10-8-14-4-6-18(26-2)19(12-14)27-3/h4-7,12-13,22H,8-11H2,1-3H3,(H,23,24). The van der Waals surface area contributed by atoms with Gasteiger partial charge in [-0.25, -0.2) is 0 Å². The van der Waals surface area contributed by atoms with Gasteiger partial charge in [0.2, 0.25) is 5.91 Å². The minimum absolute atomic E-state index is 0.0241. The molecule has 146 valence electrons. The number of benzene rings is 2. The van der Waals surface area contributed by atoms with Crippen molar-refractivity contribution in [1.29, 1.82) is 0 Å². The maximum absolute atomic E-state index is 12.0. The van der Waals surface area contributed by atoms with Gasteiger partial charge in [-0.1, -0.05) is 17.7 Å². The van der Waals surface area contributed by atoms with Crippen LogP contribution in [0.25, 0.3) is 0 Å². The third-order valence-corrected chi connectivity index (χ3v) is 4.25. The smallest absolute Gasteiger partial charge is 0.221 e. The molecule has 0 fully saturated rings. The SMILES string of the molecule is COc1ccc(Cl)cc1NCCC(=O)NCCc1ccc(OC)c(OC)c1. The molecule has 0 heterocycles. The second kappa shape index (κ2) is 10.5. The molecule has 2 rings (SSSR count). The fraction of sp³-hybridized carbons (Fsp3) is 0.350. The van der Waals surface area contributed by atoms with Crippen LogP contribution in [-0.2, 0) is 11.2 Å². The fourth-order valence-corrected chi connectivity index (χ4v) is 2.77. The lowest BCUT2D eigenvalue weighted by Gasteiger charge is -2.12. The Balaban J connectivity index is 1.75. The van der Waals surface area contributed by atoms with Crippen LogP contribution in [-0.4, -0.2) is 40.3 Å². The van der Waals surface area contributed by atoms with Gasteiger partial charge in [0.1, 0.15) is 5.75 Å². The molecule has 0 aliphatic carbocycles. The molecule has 0 aliphatic rings. The fourth-order valence-electron chi connectivity index (χ4n) is 2.60. The summed E-state index contributed by atoms with van der Waals surface area (Å²) in [5.74, 6) is 2.03. The van der Waals surface area contributed by atoms with E-state index in [1.54, 1.807) is 39.5 Å². The predicted octanol–water partition coefficient (Wildman–Crippen LogP) is 3.53. The highest BCUT2D eigenvalue weighted by molar-refractivity contribution is 6.30. The van der Waals surface area contributed by atoms with Gasteiger partial charge in [-0.2, -0.15) is 0 Å². The van der Waals surface area contributed by atoms with Gasteiger partial charge in [0.15, 0.2) is 11.5 Å². The summed E-state index contributed by atoms with van der Waals surface area (Å²) in [4.78, 5) is 12.0. The maximum atomic E-state index is 12.0. The van der Waals surface area contributed by atoms with E-state index in [4.69, 9.17) is 25.8 Å². The van der Waals surface area contributed by atoms with Crippen molar-refractivity contribution in [1.82, 2.24) is 5.32 Å². The number of hydrogen-bond donors (Lipinski definition) is 2. The highest BCUT2D eigenvalue weighted by atomic mass is 35.5. The molecule has 0 saturated carbocycles. The third kappa shape index (κ3) is 6.25. The lowest BCUT2D eigenvalue weighted by molar-refractivity contribution is -0.120. The average Bonchev–Trinajstić information content (AvgIpc) is 2.68. The van der Waals surface area contributed by atoms with Crippen LogP contribution in [0, 0.1) is 0 Å². The molecular formula is C20H25ClN2O4. The Morgan fingerprint density at radius 3 is 2.33 bits per heavy atom. The largest absolute Gasteiger partial charge is 0.495 e. The molecule has 7 heteroatoms. The summed E-state index contributed by atoms with van der Waals surface area (Å²) in [5, 5.41) is 6.70. The Morgan fingerprint density at radius 1 is 0.926 bits per heavy atom. The van der Waals surface area contributed by atoms with E-state index in [1.165, 1.54) is 0 Å². The van der Waals surface area contributed by atoms with Crippen LogP contribution in [0.3, 0.4) is 0 Å². The van der Waals surface area contributed by atoms with E-state index in [2.05, 4.69) is 10.6 Å². The lowest BCUT2D eigenvalue weighted by Crippen LogP contribution is -2.27. The lowest BCUT2D eigenvalue weighted by atomic mass is 10.1. The van der Waals surface area contributed by atoms with Gasteiger partial charge in [0.25, 0.3) is 0 Å². The van der Waals surface area contributed by atoms with Crippen molar-refractivity contribution < 1.29 is 19.0 Å². The van der Waals surface area contributed by atoms with Gasteiger partial charge in [0.05, 0.1) is 27.0 Å². The van der Waals surface area contributed by atoms with Gasteiger partial charge >= 0.3 is 0 Å². The van der Waals surface area contributed by atoms with Crippen LogP contribution < -0.4 is 24.8 Å². The number of nitrogens with one attached hydrogen (secondary N) is 2. The highest BCUT2D eigenvalue weighted by Gasteiger charge is 2.07.